The standard InChI is InChI=1S/C27H33N5O3S/c1-16-17(2)36-26-23(16)24(20-12-10-19(11-13-20)9-7-8-14-28-34)29-21(15-22(33)35-27(4,5)6)25-31-30-18(3)32(25)26/h7,9-13,21,28,34H,8,14-15H2,1-6H3. The highest BCUT2D eigenvalue weighted by molar-refractivity contribution is 7.15. The highest BCUT2D eigenvalue weighted by Gasteiger charge is 2.33. The molecule has 2 N–H and O–H groups in total. The number of nitrogens with one attached hydrogen (secondary N) is 1. The molecular formula is C27H33N5O3S. The van der Waals surface area contributed by atoms with E-state index in [0.717, 1.165) is 45.2 Å². The predicted octanol–water partition coefficient (Wildman–Crippen LogP) is 5.26. The lowest BCUT2D eigenvalue weighted by Gasteiger charge is -2.21. The number of aryl methyl sites for hydroxylation is 2. The Morgan fingerprint density at radius 1 is 1.19 bits per heavy atom. The van der Waals surface area contributed by atoms with Crippen LogP contribution in [0.25, 0.3) is 11.1 Å². The van der Waals surface area contributed by atoms with Crippen LogP contribution in [0.5, 0.6) is 0 Å². The van der Waals surface area contributed by atoms with Gasteiger partial charge in [-0.25, -0.2) is 5.48 Å². The lowest BCUT2D eigenvalue weighted by molar-refractivity contribution is -0.155. The number of fused-ring (bicyclic) bond motifs is 3. The van der Waals surface area contributed by atoms with Gasteiger partial charge >= 0.3 is 5.97 Å². The molecular weight excluding hydrogens is 474 g/mol. The summed E-state index contributed by atoms with van der Waals surface area (Å²) in [7, 11) is 0. The van der Waals surface area contributed by atoms with E-state index < -0.39 is 11.6 Å². The molecule has 0 amide bonds. The van der Waals surface area contributed by atoms with Crippen LogP contribution in [0.15, 0.2) is 35.3 Å². The van der Waals surface area contributed by atoms with Crippen molar-refractivity contribution >= 4 is 29.1 Å². The molecule has 1 aliphatic rings. The van der Waals surface area contributed by atoms with Gasteiger partial charge in [-0.1, -0.05) is 36.4 Å². The number of hydroxylamine groups is 1. The van der Waals surface area contributed by atoms with Gasteiger partial charge in [-0.15, -0.1) is 21.5 Å². The lowest BCUT2D eigenvalue weighted by Crippen LogP contribution is -2.25. The number of thiophene rings is 1. The second-order valence-corrected chi connectivity index (χ2v) is 11.1. The van der Waals surface area contributed by atoms with Gasteiger partial charge in [-0.2, -0.15) is 0 Å². The van der Waals surface area contributed by atoms with Crippen LogP contribution < -0.4 is 5.48 Å². The molecule has 8 nitrogen and oxygen atoms in total. The van der Waals surface area contributed by atoms with E-state index in [1.54, 1.807) is 11.3 Å². The van der Waals surface area contributed by atoms with E-state index in [2.05, 4.69) is 41.7 Å². The van der Waals surface area contributed by atoms with Crippen molar-refractivity contribution < 1.29 is 14.7 Å². The average Bonchev–Trinajstić information content (AvgIpc) is 3.28. The van der Waals surface area contributed by atoms with Crippen LogP contribution in [0.4, 0.5) is 0 Å². The summed E-state index contributed by atoms with van der Waals surface area (Å²) in [5, 5.41) is 18.5. The Kier molecular flexibility index (Phi) is 7.54. The third kappa shape index (κ3) is 5.48. The maximum Gasteiger partial charge on any atom is 0.308 e. The zero-order valence-electron chi connectivity index (χ0n) is 21.6. The maximum atomic E-state index is 12.8. The number of hydrogen-bond donors (Lipinski definition) is 2. The molecule has 1 atom stereocenters. The number of ether oxygens (including phenoxy) is 1. The molecule has 2 aromatic heterocycles. The first kappa shape index (κ1) is 25.9. The Labute approximate surface area is 215 Å². The largest absolute Gasteiger partial charge is 0.460 e. The summed E-state index contributed by atoms with van der Waals surface area (Å²) in [5.41, 5.74) is 6.65. The third-order valence-electron chi connectivity index (χ3n) is 5.94. The van der Waals surface area contributed by atoms with Gasteiger partial charge in [-0.05, 0) is 59.1 Å². The van der Waals surface area contributed by atoms with E-state index in [0.29, 0.717) is 12.4 Å². The smallest absolute Gasteiger partial charge is 0.308 e. The summed E-state index contributed by atoms with van der Waals surface area (Å²) in [6.07, 6.45) is 4.84. The van der Waals surface area contributed by atoms with Crippen LogP contribution >= 0.6 is 11.3 Å². The second-order valence-electron chi connectivity index (χ2n) is 9.91. The fraction of sp³-hybridized carbons (Fsp3) is 0.407. The summed E-state index contributed by atoms with van der Waals surface area (Å²) in [6.45, 7) is 12.2. The summed E-state index contributed by atoms with van der Waals surface area (Å²) >= 11 is 1.69. The highest BCUT2D eigenvalue weighted by atomic mass is 32.1. The fourth-order valence-corrected chi connectivity index (χ4v) is 5.40. The number of aliphatic imine (C=N–C) groups is 1. The van der Waals surface area contributed by atoms with Gasteiger partial charge < -0.3 is 9.94 Å². The van der Waals surface area contributed by atoms with Gasteiger partial charge in [0.1, 0.15) is 22.5 Å². The van der Waals surface area contributed by atoms with Gasteiger partial charge in [0.25, 0.3) is 0 Å². The van der Waals surface area contributed by atoms with Crippen LogP contribution in [0, 0.1) is 20.8 Å². The highest BCUT2D eigenvalue weighted by Crippen LogP contribution is 2.39. The number of carbonyl (C=O) groups is 1. The minimum atomic E-state index is -0.583. The molecule has 36 heavy (non-hydrogen) atoms. The normalized spacial score (nSPS) is 15.4. The van der Waals surface area contributed by atoms with Crippen LogP contribution in [0.2, 0.25) is 0 Å². The Hall–Kier alpha value is -3.14. The van der Waals surface area contributed by atoms with Gasteiger partial charge in [0.05, 0.1) is 12.1 Å². The minimum Gasteiger partial charge on any atom is -0.460 e. The summed E-state index contributed by atoms with van der Waals surface area (Å²) < 4.78 is 7.66. The van der Waals surface area contributed by atoms with Crippen LogP contribution in [-0.2, 0) is 9.53 Å². The fourth-order valence-electron chi connectivity index (χ4n) is 4.19. The Balaban J connectivity index is 1.80. The zero-order chi connectivity index (χ0) is 26.0. The topological polar surface area (TPSA) is 102 Å². The Morgan fingerprint density at radius 3 is 2.58 bits per heavy atom. The number of benzene rings is 1. The first-order valence-corrected chi connectivity index (χ1v) is 12.9. The molecule has 0 aliphatic carbocycles. The molecule has 1 aliphatic heterocycles. The molecule has 1 unspecified atom stereocenters. The van der Waals surface area contributed by atoms with Crippen molar-refractivity contribution in [1.82, 2.24) is 20.2 Å². The van der Waals surface area contributed by atoms with Crippen molar-refractivity contribution in [3.8, 4) is 5.00 Å². The number of carbonyl (C=O) groups excluding carboxylic acids is 1. The number of esters is 1. The predicted molar refractivity (Wildman–Crippen MR) is 142 cm³/mol. The molecule has 0 fully saturated rings. The van der Waals surface area contributed by atoms with Gasteiger partial charge in [0.15, 0.2) is 5.82 Å². The van der Waals surface area contributed by atoms with E-state index in [9.17, 15) is 4.79 Å². The monoisotopic (exact) mass is 507 g/mol. The van der Waals surface area contributed by atoms with E-state index in [1.165, 1.54) is 4.88 Å². The third-order valence-corrected chi connectivity index (χ3v) is 7.13. The molecule has 0 radical (unpaired) electrons. The molecule has 0 saturated heterocycles. The number of hydrogen-bond acceptors (Lipinski definition) is 8. The Bertz CT molecular complexity index is 1310. The SMILES string of the molecule is Cc1sc2c(c1C)C(c1ccc(C=CCCNO)cc1)=NC(CC(=O)OC(C)(C)C)c1nnc(C)n1-2. The van der Waals surface area contributed by atoms with Crippen molar-refractivity contribution in [3.63, 3.8) is 0 Å². The lowest BCUT2D eigenvalue weighted by atomic mass is 9.98. The van der Waals surface area contributed by atoms with Crippen molar-refractivity contribution in [2.45, 2.75) is 66.0 Å². The molecule has 0 bridgehead atoms. The van der Waals surface area contributed by atoms with Gasteiger partial charge in [-0.3, -0.25) is 14.4 Å². The van der Waals surface area contributed by atoms with Crippen molar-refractivity contribution in [1.29, 1.82) is 0 Å². The van der Waals surface area contributed by atoms with Crippen molar-refractivity contribution in [2.24, 2.45) is 4.99 Å². The minimum absolute atomic E-state index is 0.0750. The first-order chi connectivity index (χ1) is 17.1. The second kappa shape index (κ2) is 10.5. The van der Waals surface area contributed by atoms with E-state index in [-0.39, 0.29) is 12.4 Å². The van der Waals surface area contributed by atoms with Crippen LogP contribution in [-0.4, -0.2) is 43.8 Å². The maximum absolute atomic E-state index is 12.8. The molecule has 0 saturated carbocycles. The molecule has 9 heteroatoms. The first-order valence-electron chi connectivity index (χ1n) is 12.0. The molecule has 4 rings (SSSR count). The molecule has 3 heterocycles. The molecule has 3 aromatic rings. The summed E-state index contributed by atoms with van der Waals surface area (Å²) in [6, 6.07) is 7.69. The molecule has 190 valence electrons. The molecule has 1 aromatic carbocycles. The van der Waals surface area contributed by atoms with Gasteiger partial charge in [0.2, 0.25) is 0 Å². The Morgan fingerprint density at radius 2 is 1.92 bits per heavy atom. The molecule has 0 spiro atoms. The number of aromatic nitrogens is 3. The van der Waals surface area contributed by atoms with E-state index in [1.807, 2.05) is 56.5 Å². The average molecular weight is 508 g/mol. The van der Waals surface area contributed by atoms with Crippen LogP contribution in [0.3, 0.4) is 0 Å². The van der Waals surface area contributed by atoms with Crippen molar-refractivity contribution in [3.05, 3.63) is 69.1 Å². The van der Waals surface area contributed by atoms with Gasteiger partial charge in [0, 0.05) is 22.5 Å². The van der Waals surface area contributed by atoms with E-state index in [4.69, 9.17) is 14.9 Å². The summed E-state index contributed by atoms with van der Waals surface area (Å²) in [5.74, 6) is 1.09. The number of rotatable bonds is 7. The number of nitrogens with zero attached hydrogens (tertiary/aromatic N) is 4. The quantitative estimate of drug-likeness (QED) is 0.257. The van der Waals surface area contributed by atoms with Crippen molar-refractivity contribution in [2.75, 3.05) is 6.54 Å². The summed E-state index contributed by atoms with van der Waals surface area (Å²) in [4.78, 5) is 19.2. The van der Waals surface area contributed by atoms with E-state index >= 15 is 0 Å². The van der Waals surface area contributed by atoms with Crippen LogP contribution in [0.1, 0.15) is 78.4 Å². The zero-order valence-corrected chi connectivity index (χ0v) is 22.4.